The minimum Gasteiger partial charge on any atom is -0.360 e. The molecule has 2 heterocycles. The number of carbonyl (C=O) groups is 1. The summed E-state index contributed by atoms with van der Waals surface area (Å²) < 4.78 is 32.8. The second-order valence-corrected chi connectivity index (χ2v) is 8.61. The molecule has 0 saturated heterocycles. The van der Waals surface area contributed by atoms with Crippen molar-refractivity contribution in [2.75, 3.05) is 10.0 Å². The van der Waals surface area contributed by atoms with Crippen LogP contribution in [0.3, 0.4) is 0 Å². The van der Waals surface area contributed by atoms with E-state index in [1.165, 1.54) is 41.7 Å². The van der Waals surface area contributed by atoms with E-state index in [2.05, 4.69) is 20.2 Å². The summed E-state index contributed by atoms with van der Waals surface area (Å²) in [7, 11) is -3.81. The van der Waals surface area contributed by atoms with Crippen LogP contribution < -0.4 is 10.0 Å². The lowest BCUT2D eigenvalue weighted by molar-refractivity contribution is 0.102. The number of fused-ring (bicyclic) bond motifs is 1. The third-order valence-electron chi connectivity index (χ3n) is 3.78. The van der Waals surface area contributed by atoms with Crippen molar-refractivity contribution in [3.05, 3.63) is 65.4 Å². The highest BCUT2D eigenvalue weighted by molar-refractivity contribution is 7.92. The average Bonchev–Trinajstić information content (AvgIpc) is 3.27. The highest BCUT2D eigenvalue weighted by atomic mass is 32.2. The highest BCUT2D eigenvalue weighted by Gasteiger charge is 2.17. The summed E-state index contributed by atoms with van der Waals surface area (Å²) in [6.45, 7) is 1.66. The summed E-state index contributed by atoms with van der Waals surface area (Å²) in [4.78, 5) is 16.7. The van der Waals surface area contributed by atoms with E-state index < -0.39 is 10.0 Å². The van der Waals surface area contributed by atoms with Crippen LogP contribution in [0, 0.1) is 6.92 Å². The molecule has 0 radical (unpaired) electrons. The maximum absolute atomic E-state index is 12.4. The van der Waals surface area contributed by atoms with Crippen molar-refractivity contribution in [1.29, 1.82) is 0 Å². The number of hydrogen-bond acceptors (Lipinski definition) is 7. The second kappa shape index (κ2) is 7.06. The molecular formula is C18H14N4O4S2. The van der Waals surface area contributed by atoms with Crippen molar-refractivity contribution in [1.82, 2.24) is 10.1 Å². The third-order valence-corrected chi connectivity index (χ3v) is 6.18. The Morgan fingerprint density at radius 2 is 1.86 bits per heavy atom. The van der Waals surface area contributed by atoms with Crippen LogP contribution >= 0.6 is 11.3 Å². The lowest BCUT2D eigenvalue weighted by Gasteiger charge is -2.07. The standard InChI is InChI=1S/C18H14N4O4S2/c1-11-10-16(21-26-11)22-28(24,25)13-8-6-12(7-9-13)19-17(23)18-20-14-4-2-3-5-15(14)27-18/h2-10H,1H3,(H,19,23)(H,21,22). The van der Waals surface area contributed by atoms with Crippen LogP contribution in [0.2, 0.25) is 0 Å². The first kappa shape index (κ1) is 18.1. The molecule has 8 nitrogen and oxygen atoms in total. The van der Waals surface area contributed by atoms with Gasteiger partial charge in [0.05, 0.1) is 15.1 Å². The first-order chi connectivity index (χ1) is 13.4. The van der Waals surface area contributed by atoms with E-state index in [1.807, 2.05) is 24.3 Å². The zero-order chi connectivity index (χ0) is 19.7. The molecule has 0 aliphatic heterocycles. The van der Waals surface area contributed by atoms with Gasteiger partial charge in [0.15, 0.2) is 10.8 Å². The number of sulfonamides is 1. The molecule has 0 unspecified atom stereocenters. The summed E-state index contributed by atoms with van der Waals surface area (Å²) in [5, 5.41) is 6.66. The number of aryl methyl sites for hydroxylation is 1. The summed E-state index contributed by atoms with van der Waals surface area (Å²) >= 11 is 1.29. The van der Waals surface area contributed by atoms with E-state index in [4.69, 9.17) is 4.52 Å². The van der Waals surface area contributed by atoms with Crippen LogP contribution in [0.1, 0.15) is 15.6 Å². The summed E-state index contributed by atoms with van der Waals surface area (Å²) in [5.74, 6) is 0.240. The topological polar surface area (TPSA) is 114 Å². The Bertz CT molecular complexity index is 1230. The Labute approximate surface area is 164 Å². The van der Waals surface area contributed by atoms with Crippen molar-refractivity contribution in [3.63, 3.8) is 0 Å². The molecule has 4 aromatic rings. The van der Waals surface area contributed by atoms with Crippen molar-refractivity contribution in [2.24, 2.45) is 0 Å². The maximum Gasteiger partial charge on any atom is 0.284 e. The molecular weight excluding hydrogens is 400 g/mol. The molecule has 2 N–H and O–H groups in total. The van der Waals surface area contributed by atoms with Crippen molar-refractivity contribution >= 4 is 49.0 Å². The molecule has 28 heavy (non-hydrogen) atoms. The fourth-order valence-corrected chi connectivity index (χ4v) is 4.33. The Morgan fingerprint density at radius 3 is 2.54 bits per heavy atom. The first-order valence-corrected chi connectivity index (χ1v) is 10.4. The average molecular weight is 414 g/mol. The molecule has 0 saturated carbocycles. The van der Waals surface area contributed by atoms with Crippen molar-refractivity contribution < 1.29 is 17.7 Å². The van der Waals surface area contributed by atoms with Crippen LogP contribution in [-0.4, -0.2) is 24.5 Å². The summed E-state index contributed by atoms with van der Waals surface area (Å²) in [6.07, 6.45) is 0. The summed E-state index contributed by atoms with van der Waals surface area (Å²) in [6, 6.07) is 14.8. The highest BCUT2D eigenvalue weighted by Crippen LogP contribution is 2.23. The Kier molecular flexibility index (Phi) is 4.57. The molecule has 0 spiro atoms. The molecule has 142 valence electrons. The van der Waals surface area contributed by atoms with Gasteiger partial charge in [0.2, 0.25) is 0 Å². The summed E-state index contributed by atoms with van der Waals surface area (Å²) in [5.41, 5.74) is 1.22. The van der Waals surface area contributed by atoms with E-state index in [1.54, 1.807) is 6.92 Å². The van der Waals surface area contributed by atoms with Crippen molar-refractivity contribution in [2.45, 2.75) is 11.8 Å². The van der Waals surface area contributed by atoms with Crippen LogP contribution in [0.25, 0.3) is 10.2 Å². The van der Waals surface area contributed by atoms with Gasteiger partial charge in [-0.1, -0.05) is 17.3 Å². The monoisotopic (exact) mass is 414 g/mol. The fourth-order valence-electron chi connectivity index (χ4n) is 2.48. The lowest BCUT2D eigenvalue weighted by atomic mass is 10.3. The Hall–Kier alpha value is -3.24. The quantitative estimate of drug-likeness (QED) is 0.515. The van der Waals surface area contributed by atoms with Crippen molar-refractivity contribution in [3.8, 4) is 0 Å². The number of aromatic nitrogens is 2. The number of anilines is 2. The number of benzene rings is 2. The Morgan fingerprint density at radius 1 is 1.11 bits per heavy atom. The molecule has 2 aromatic carbocycles. The van der Waals surface area contributed by atoms with E-state index in [9.17, 15) is 13.2 Å². The number of nitrogens with one attached hydrogen (secondary N) is 2. The van der Waals surface area contributed by atoms with Crippen LogP contribution in [0.4, 0.5) is 11.5 Å². The number of hydrogen-bond donors (Lipinski definition) is 2. The van der Waals surface area contributed by atoms with Gasteiger partial charge in [-0.05, 0) is 43.3 Å². The Balaban J connectivity index is 1.48. The molecule has 4 rings (SSSR count). The first-order valence-electron chi connectivity index (χ1n) is 8.14. The fraction of sp³-hybridized carbons (Fsp3) is 0.0556. The van der Waals surface area contributed by atoms with E-state index in [0.717, 1.165) is 10.2 Å². The van der Waals surface area contributed by atoms with Crippen LogP contribution in [0.15, 0.2) is 64.0 Å². The van der Waals surface area contributed by atoms with Gasteiger partial charge in [0, 0.05) is 11.8 Å². The minimum atomic E-state index is -3.81. The molecule has 0 fully saturated rings. The van der Waals surface area contributed by atoms with Gasteiger partial charge in [-0.3, -0.25) is 9.52 Å². The number of nitrogens with zero attached hydrogens (tertiary/aromatic N) is 2. The smallest absolute Gasteiger partial charge is 0.284 e. The molecule has 2 aromatic heterocycles. The van der Waals surface area contributed by atoms with Gasteiger partial charge in [-0.25, -0.2) is 13.4 Å². The lowest BCUT2D eigenvalue weighted by Crippen LogP contribution is -2.14. The largest absolute Gasteiger partial charge is 0.360 e. The van der Waals surface area contributed by atoms with Crippen LogP contribution in [-0.2, 0) is 10.0 Å². The van der Waals surface area contributed by atoms with Crippen LogP contribution in [0.5, 0.6) is 0 Å². The molecule has 10 heteroatoms. The third kappa shape index (κ3) is 3.73. The SMILES string of the molecule is Cc1cc(NS(=O)(=O)c2ccc(NC(=O)c3nc4ccccc4s3)cc2)no1. The number of rotatable bonds is 5. The van der Waals surface area contributed by atoms with Gasteiger partial charge < -0.3 is 9.84 Å². The number of carbonyl (C=O) groups excluding carboxylic acids is 1. The maximum atomic E-state index is 12.4. The predicted octanol–water partition coefficient (Wildman–Crippen LogP) is 3.65. The van der Waals surface area contributed by atoms with Gasteiger partial charge in [0.25, 0.3) is 15.9 Å². The second-order valence-electron chi connectivity index (χ2n) is 5.89. The zero-order valence-electron chi connectivity index (χ0n) is 14.5. The molecule has 0 bridgehead atoms. The van der Waals surface area contributed by atoms with Gasteiger partial charge >= 0.3 is 0 Å². The number of thiazole rings is 1. The zero-order valence-corrected chi connectivity index (χ0v) is 16.2. The van der Waals surface area contributed by atoms with Gasteiger partial charge in [-0.15, -0.1) is 11.3 Å². The molecule has 0 aliphatic rings. The molecule has 1 amide bonds. The van der Waals surface area contributed by atoms with E-state index in [-0.39, 0.29) is 16.6 Å². The van der Waals surface area contributed by atoms with Gasteiger partial charge in [0.1, 0.15) is 5.76 Å². The molecule has 0 atom stereocenters. The number of para-hydroxylation sites is 1. The van der Waals surface area contributed by atoms with Gasteiger partial charge in [-0.2, -0.15) is 0 Å². The van der Waals surface area contributed by atoms with E-state index in [0.29, 0.717) is 16.5 Å². The minimum absolute atomic E-state index is 0.0335. The molecule has 0 aliphatic carbocycles. The number of amides is 1. The normalized spacial score (nSPS) is 11.5. The van der Waals surface area contributed by atoms with E-state index >= 15 is 0 Å². The predicted molar refractivity (Wildman–Crippen MR) is 106 cm³/mol.